The molecule has 12 heteroatoms. The number of carbonyl (C=O) groups is 3. The summed E-state index contributed by atoms with van der Waals surface area (Å²) in [5, 5.41) is 0.233. The highest BCUT2D eigenvalue weighted by Gasteiger charge is 2.56. The van der Waals surface area contributed by atoms with Gasteiger partial charge in [0.15, 0.2) is 6.61 Å². The number of imide groups is 1. The number of nitrogens with zero attached hydrogens (tertiary/aromatic N) is 2. The number of thioether (sulfide) groups is 1. The van der Waals surface area contributed by atoms with E-state index in [4.69, 9.17) is 16.3 Å². The number of anilines is 1. The zero-order valence-electron chi connectivity index (χ0n) is 20.5. The average molecular weight is 649 g/mol. The van der Waals surface area contributed by atoms with Gasteiger partial charge in [0.05, 0.1) is 16.6 Å². The lowest BCUT2D eigenvalue weighted by Crippen LogP contribution is -2.38. The van der Waals surface area contributed by atoms with Crippen LogP contribution in [0.3, 0.4) is 0 Å². The van der Waals surface area contributed by atoms with Crippen LogP contribution in [0.1, 0.15) is 35.6 Å². The van der Waals surface area contributed by atoms with Gasteiger partial charge in [0.2, 0.25) is 11.8 Å². The number of nitrogens with one attached hydrogen (secondary N) is 1. The van der Waals surface area contributed by atoms with E-state index in [0.717, 1.165) is 35.1 Å². The highest BCUT2D eigenvalue weighted by molar-refractivity contribution is 9.10. The molecule has 3 amide bonds. The summed E-state index contributed by atoms with van der Waals surface area (Å²) in [6.07, 6.45) is 3.06. The number of hydrogen-bond acceptors (Lipinski definition) is 7. The number of benzene rings is 2. The minimum Gasteiger partial charge on any atom is -0.483 e. The summed E-state index contributed by atoms with van der Waals surface area (Å²) >= 11 is 12.0. The predicted molar refractivity (Wildman–Crippen MR) is 154 cm³/mol. The smallest absolute Gasteiger partial charge is 0.305 e. The van der Waals surface area contributed by atoms with Crippen LogP contribution in [0.15, 0.2) is 56.8 Å². The van der Waals surface area contributed by atoms with Crippen molar-refractivity contribution >= 4 is 74.0 Å². The molecule has 0 bridgehead atoms. The van der Waals surface area contributed by atoms with E-state index in [2.05, 4.69) is 20.9 Å². The van der Waals surface area contributed by atoms with Crippen LogP contribution in [0.4, 0.5) is 5.69 Å². The van der Waals surface area contributed by atoms with E-state index >= 15 is 0 Å². The number of thiazole rings is 1. The molecule has 3 unspecified atom stereocenters. The number of halogens is 2. The van der Waals surface area contributed by atoms with Gasteiger partial charge in [-0.25, -0.2) is 4.90 Å². The maximum absolute atomic E-state index is 14.0. The molecular formula is C27H23BrClN3O5S2. The number of piperidine rings is 1. The zero-order valence-corrected chi connectivity index (χ0v) is 24.5. The van der Waals surface area contributed by atoms with Crippen molar-refractivity contribution in [1.82, 2.24) is 9.88 Å². The Labute approximate surface area is 245 Å². The number of H-pyrrole nitrogens is 1. The normalized spacial score (nSPS) is 22.6. The largest absolute Gasteiger partial charge is 0.483 e. The third kappa shape index (κ3) is 4.94. The van der Waals surface area contributed by atoms with Crippen molar-refractivity contribution in [2.75, 3.05) is 24.6 Å². The molecule has 3 atom stereocenters. The maximum Gasteiger partial charge on any atom is 0.305 e. The Bertz CT molecular complexity index is 1520. The Morgan fingerprint density at radius 1 is 1.05 bits per heavy atom. The minimum absolute atomic E-state index is 0.104. The molecule has 8 nitrogen and oxygen atoms in total. The van der Waals surface area contributed by atoms with Crippen molar-refractivity contribution < 1.29 is 19.1 Å². The third-order valence-corrected chi connectivity index (χ3v) is 10.4. The molecule has 6 rings (SSSR count). The van der Waals surface area contributed by atoms with Gasteiger partial charge in [-0.3, -0.25) is 19.2 Å². The van der Waals surface area contributed by atoms with Gasteiger partial charge in [-0.1, -0.05) is 50.6 Å². The summed E-state index contributed by atoms with van der Waals surface area (Å²) in [4.78, 5) is 59.1. The second-order valence-electron chi connectivity index (χ2n) is 9.65. The Morgan fingerprint density at radius 2 is 1.79 bits per heavy atom. The molecule has 3 aliphatic heterocycles. The molecule has 0 radical (unpaired) electrons. The first-order valence-electron chi connectivity index (χ1n) is 12.5. The van der Waals surface area contributed by atoms with Crippen LogP contribution in [-0.2, 0) is 14.4 Å². The highest BCUT2D eigenvalue weighted by Crippen LogP contribution is 2.54. The van der Waals surface area contributed by atoms with E-state index in [1.807, 2.05) is 0 Å². The molecule has 202 valence electrons. The molecule has 39 heavy (non-hydrogen) atoms. The summed E-state index contributed by atoms with van der Waals surface area (Å²) in [5.41, 5.74) is 1.05. The first-order valence-corrected chi connectivity index (χ1v) is 15.4. The van der Waals surface area contributed by atoms with Crippen LogP contribution in [-0.4, -0.2) is 52.6 Å². The van der Waals surface area contributed by atoms with E-state index in [0.29, 0.717) is 45.0 Å². The number of hydrogen-bond donors (Lipinski definition) is 1. The molecule has 1 aromatic heterocycles. The Hall–Kier alpha value is -2.60. The number of likely N-dealkylation sites (tertiary alicyclic amines) is 1. The Kier molecular flexibility index (Phi) is 7.34. The van der Waals surface area contributed by atoms with E-state index in [1.54, 1.807) is 47.4 Å². The fraction of sp³-hybridized carbons (Fsp3) is 0.333. The van der Waals surface area contributed by atoms with Crippen LogP contribution in [0.25, 0.3) is 0 Å². The summed E-state index contributed by atoms with van der Waals surface area (Å²) in [7, 11) is 0. The third-order valence-electron chi connectivity index (χ3n) is 7.28. The van der Waals surface area contributed by atoms with Crippen LogP contribution in [0.2, 0.25) is 5.02 Å². The van der Waals surface area contributed by atoms with Crippen molar-refractivity contribution in [3.63, 3.8) is 0 Å². The van der Waals surface area contributed by atoms with Crippen molar-refractivity contribution in [1.29, 1.82) is 0 Å². The molecule has 4 heterocycles. The number of amides is 3. The van der Waals surface area contributed by atoms with Gasteiger partial charge in [0, 0.05) is 38.9 Å². The van der Waals surface area contributed by atoms with Gasteiger partial charge in [-0.15, -0.1) is 0 Å². The van der Waals surface area contributed by atoms with E-state index in [9.17, 15) is 19.2 Å². The lowest BCUT2D eigenvalue weighted by molar-refractivity contribution is -0.134. The molecule has 0 aliphatic carbocycles. The zero-order chi connectivity index (χ0) is 27.3. The fourth-order valence-electron chi connectivity index (χ4n) is 5.46. The molecule has 3 aromatic rings. The van der Waals surface area contributed by atoms with Crippen molar-refractivity contribution in [2.24, 2.45) is 5.92 Å². The van der Waals surface area contributed by atoms with Crippen LogP contribution >= 0.6 is 50.6 Å². The number of rotatable bonds is 5. The Morgan fingerprint density at radius 3 is 2.54 bits per heavy atom. The first-order chi connectivity index (χ1) is 18.8. The van der Waals surface area contributed by atoms with Crippen LogP contribution in [0, 0.1) is 5.92 Å². The molecular weight excluding hydrogens is 626 g/mol. The summed E-state index contributed by atoms with van der Waals surface area (Å²) in [5.74, 6) is -1.85. The van der Waals surface area contributed by atoms with Crippen molar-refractivity contribution in [2.45, 2.75) is 35.5 Å². The molecule has 2 aromatic carbocycles. The lowest BCUT2D eigenvalue weighted by atomic mass is 9.82. The quantitative estimate of drug-likeness (QED) is 0.390. The number of aromatic nitrogens is 1. The summed E-state index contributed by atoms with van der Waals surface area (Å²) in [6, 6.07) is 12.0. The monoisotopic (exact) mass is 647 g/mol. The van der Waals surface area contributed by atoms with Gasteiger partial charge >= 0.3 is 4.87 Å². The second kappa shape index (κ2) is 10.8. The van der Waals surface area contributed by atoms with E-state index in [-0.39, 0.29) is 29.2 Å². The molecule has 0 spiro atoms. The minimum atomic E-state index is -0.788. The van der Waals surface area contributed by atoms with Gasteiger partial charge in [0.25, 0.3) is 5.91 Å². The second-order valence-corrected chi connectivity index (χ2v) is 13.2. The molecule has 2 saturated heterocycles. The van der Waals surface area contributed by atoms with Crippen molar-refractivity contribution in [3.8, 4) is 5.75 Å². The average Bonchev–Trinajstić information content (AvgIpc) is 3.43. The summed E-state index contributed by atoms with van der Waals surface area (Å²) in [6.45, 7) is 1.27. The fourth-order valence-corrected chi connectivity index (χ4v) is 8.42. The highest BCUT2D eigenvalue weighted by atomic mass is 79.9. The van der Waals surface area contributed by atoms with Crippen LogP contribution < -0.4 is 14.5 Å². The molecule has 3 aliphatic rings. The number of ether oxygens (including phenoxy) is 1. The first kappa shape index (κ1) is 26.6. The lowest BCUT2D eigenvalue weighted by Gasteiger charge is -2.31. The van der Waals surface area contributed by atoms with Gasteiger partial charge in [-0.2, -0.15) is 0 Å². The maximum atomic E-state index is 14.0. The Balaban J connectivity index is 1.39. The van der Waals surface area contributed by atoms with Crippen LogP contribution in [0.5, 0.6) is 5.75 Å². The van der Waals surface area contributed by atoms with E-state index < -0.39 is 17.1 Å². The van der Waals surface area contributed by atoms with Gasteiger partial charge in [0.1, 0.15) is 11.0 Å². The molecule has 1 N–H and O–H groups in total. The molecule has 2 fully saturated rings. The summed E-state index contributed by atoms with van der Waals surface area (Å²) < 4.78 is 6.89. The van der Waals surface area contributed by atoms with Crippen molar-refractivity contribution in [3.05, 3.63) is 72.1 Å². The number of fused-ring (bicyclic) bond motifs is 2. The predicted octanol–water partition coefficient (Wildman–Crippen LogP) is 5.04. The molecule has 0 saturated carbocycles. The topological polar surface area (TPSA) is 99.8 Å². The van der Waals surface area contributed by atoms with Gasteiger partial charge in [-0.05, 0) is 61.7 Å². The van der Waals surface area contributed by atoms with Gasteiger partial charge < -0.3 is 14.6 Å². The number of carbonyl (C=O) groups excluding carboxylic acids is 3. The standard InChI is InChI=1S/C27H23BrClN3O5S2/c28-14-4-7-16(8-5-14)32-25(34)21-20(22-24(30-27(36)39-22)38-23(21)26(32)35)17-12-15(29)6-9-18(17)37-13-19(33)31-10-2-1-3-11-31/h4-9,12,20-21,23H,1-3,10-11,13H2,(H,30,36). The SMILES string of the molecule is O=C(COc1ccc(Cl)cc1C1c2sc(=O)[nH]c2SC2C(=O)N(c3ccc(Br)cc3)C(=O)C21)N1CCCCC1. The number of aromatic amines is 1. The van der Waals surface area contributed by atoms with E-state index in [1.165, 1.54) is 16.7 Å².